The fourth-order valence-electron chi connectivity index (χ4n) is 3.50. The lowest BCUT2D eigenvalue weighted by Gasteiger charge is -2.34. The second-order valence-electron chi connectivity index (χ2n) is 6.07. The zero-order valence-electron chi connectivity index (χ0n) is 12.9. The Morgan fingerprint density at radius 1 is 1.37 bits per heavy atom. The first-order chi connectivity index (χ1) is 9.17. The van der Waals surface area contributed by atoms with Crippen LogP contribution in [-0.2, 0) is 19.4 Å². The second-order valence-corrected chi connectivity index (χ2v) is 6.07. The molecule has 0 aliphatic heterocycles. The van der Waals surface area contributed by atoms with Gasteiger partial charge in [-0.05, 0) is 64.0 Å². The van der Waals surface area contributed by atoms with Gasteiger partial charge in [0.1, 0.15) is 0 Å². The predicted octanol–water partition coefficient (Wildman–Crippen LogP) is 3.03. The summed E-state index contributed by atoms with van der Waals surface area (Å²) in [6.45, 7) is 7.76. The summed E-state index contributed by atoms with van der Waals surface area (Å²) in [6, 6.07) is 3.00. The van der Waals surface area contributed by atoms with Crippen LogP contribution in [0.1, 0.15) is 51.4 Å². The van der Waals surface area contributed by atoms with E-state index in [1.54, 1.807) is 0 Å². The van der Waals surface area contributed by atoms with E-state index >= 15 is 0 Å². The molecule has 0 bridgehead atoms. The van der Waals surface area contributed by atoms with Gasteiger partial charge in [0, 0.05) is 18.3 Å². The zero-order valence-corrected chi connectivity index (χ0v) is 12.9. The van der Waals surface area contributed by atoms with Crippen LogP contribution in [-0.4, -0.2) is 22.9 Å². The Kier molecular flexibility index (Phi) is 5.03. The molecular weight excluding hydrogens is 234 g/mol. The minimum Gasteiger partial charge on any atom is -0.317 e. The highest BCUT2D eigenvalue weighted by atomic mass is 15.3. The van der Waals surface area contributed by atoms with Crippen LogP contribution in [0.25, 0.3) is 0 Å². The molecule has 108 valence electrons. The Bertz CT molecular complexity index is 397. The van der Waals surface area contributed by atoms with Gasteiger partial charge in [0.2, 0.25) is 0 Å². The highest BCUT2D eigenvalue weighted by molar-refractivity contribution is 5.12. The van der Waals surface area contributed by atoms with Crippen molar-refractivity contribution in [3.8, 4) is 0 Å². The topological polar surface area (TPSA) is 29.9 Å². The molecule has 3 nitrogen and oxygen atoms in total. The Hall–Kier alpha value is -0.830. The van der Waals surface area contributed by atoms with E-state index in [-0.39, 0.29) is 0 Å². The van der Waals surface area contributed by atoms with Gasteiger partial charge in [0.25, 0.3) is 0 Å². The molecule has 3 atom stereocenters. The van der Waals surface area contributed by atoms with Gasteiger partial charge in [-0.15, -0.1) is 0 Å². The molecule has 1 saturated carbocycles. The molecule has 0 saturated heterocycles. The third-order valence-corrected chi connectivity index (χ3v) is 4.66. The molecule has 2 rings (SSSR count). The first-order valence-corrected chi connectivity index (χ1v) is 7.90. The van der Waals surface area contributed by atoms with Crippen molar-refractivity contribution >= 4 is 0 Å². The van der Waals surface area contributed by atoms with Gasteiger partial charge in [-0.1, -0.05) is 13.8 Å². The summed E-state index contributed by atoms with van der Waals surface area (Å²) in [5, 5.41) is 8.20. The maximum Gasteiger partial charge on any atom is 0.0624 e. The van der Waals surface area contributed by atoms with Gasteiger partial charge in [-0.3, -0.25) is 4.68 Å². The number of aryl methyl sites for hydroxylation is 2. The van der Waals surface area contributed by atoms with Crippen LogP contribution < -0.4 is 5.32 Å². The van der Waals surface area contributed by atoms with E-state index in [0.29, 0.717) is 6.04 Å². The Balaban J connectivity index is 2.11. The van der Waals surface area contributed by atoms with E-state index in [2.05, 4.69) is 49.0 Å². The molecule has 19 heavy (non-hydrogen) atoms. The largest absolute Gasteiger partial charge is 0.317 e. The van der Waals surface area contributed by atoms with Crippen LogP contribution >= 0.6 is 0 Å². The van der Waals surface area contributed by atoms with Crippen LogP contribution in [0.15, 0.2) is 6.07 Å². The quantitative estimate of drug-likeness (QED) is 0.885. The summed E-state index contributed by atoms with van der Waals surface area (Å²) < 4.78 is 2.20. The van der Waals surface area contributed by atoms with Gasteiger partial charge in [-0.2, -0.15) is 5.10 Å². The van der Waals surface area contributed by atoms with Crippen LogP contribution in [0.2, 0.25) is 0 Å². The molecule has 3 heteroatoms. The van der Waals surface area contributed by atoms with Gasteiger partial charge < -0.3 is 5.32 Å². The molecule has 0 amide bonds. The molecule has 1 heterocycles. The second kappa shape index (κ2) is 6.56. The first-order valence-electron chi connectivity index (χ1n) is 7.90. The maximum atomic E-state index is 4.68. The van der Waals surface area contributed by atoms with Crippen molar-refractivity contribution < 1.29 is 0 Å². The van der Waals surface area contributed by atoms with Crippen LogP contribution in [0.3, 0.4) is 0 Å². The highest BCUT2D eigenvalue weighted by Crippen LogP contribution is 2.31. The molecule has 1 aromatic rings. The van der Waals surface area contributed by atoms with E-state index in [0.717, 1.165) is 24.8 Å². The van der Waals surface area contributed by atoms with Crippen molar-refractivity contribution in [3.63, 3.8) is 0 Å². The van der Waals surface area contributed by atoms with Crippen molar-refractivity contribution in [2.24, 2.45) is 11.8 Å². The summed E-state index contributed by atoms with van der Waals surface area (Å²) in [6.07, 6.45) is 6.26. The van der Waals surface area contributed by atoms with E-state index in [1.165, 1.54) is 37.1 Å². The molecule has 0 aromatic carbocycles. The predicted molar refractivity (Wildman–Crippen MR) is 80.3 cm³/mol. The lowest BCUT2D eigenvalue weighted by atomic mass is 9.76. The SMILES string of the molecule is CCc1cc(CC2CC(C)CCC2NC)n(CC)n1. The third-order valence-electron chi connectivity index (χ3n) is 4.66. The fourth-order valence-corrected chi connectivity index (χ4v) is 3.50. The molecule has 0 spiro atoms. The normalized spacial score (nSPS) is 27.7. The lowest BCUT2D eigenvalue weighted by molar-refractivity contribution is 0.217. The van der Waals surface area contributed by atoms with E-state index in [9.17, 15) is 0 Å². The average Bonchev–Trinajstić information content (AvgIpc) is 2.81. The van der Waals surface area contributed by atoms with E-state index < -0.39 is 0 Å². The van der Waals surface area contributed by atoms with Crippen molar-refractivity contribution in [2.45, 2.75) is 65.5 Å². The van der Waals surface area contributed by atoms with Gasteiger partial charge in [-0.25, -0.2) is 0 Å². The molecule has 1 N–H and O–H groups in total. The molecule has 1 fully saturated rings. The van der Waals surface area contributed by atoms with Gasteiger partial charge in [0.05, 0.1) is 5.69 Å². The number of nitrogens with zero attached hydrogens (tertiary/aromatic N) is 2. The summed E-state index contributed by atoms with van der Waals surface area (Å²) in [5.74, 6) is 1.64. The van der Waals surface area contributed by atoms with Crippen LogP contribution in [0.4, 0.5) is 0 Å². The minimum atomic E-state index is 0.682. The van der Waals surface area contributed by atoms with E-state index in [4.69, 9.17) is 0 Å². The molecule has 1 aliphatic rings. The lowest BCUT2D eigenvalue weighted by Crippen LogP contribution is -2.39. The molecule has 3 unspecified atom stereocenters. The summed E-state index contributed by atoms with van der Waals surface area (Å²) in [4.78, 5) is 0. The zero-order chi connectivity index (χ0) is 13.8. The van der Waals surface area contributed by atoms with Gasteiger partial charge >= 0.3 is 0 Å². The summed E-state index contributed by atoms with van der Waals surface area (Å²) in [5.41, 5.74) is 2.67. The average molecular weight is 263 g/mol. The summed E-state index contributed by atoms with van der Waals surface area (Å²) >= 11 is 0. The number of aromatic nitrogens is 2. The fraction of sp³-hybridized carbons (Fsp3) is 0.812. The van der Waals surface area contributed by atoms with Gasteiger partial charge in [0.15, 0.2) is 0 Å². The Labute approximate surface area is 117 Å². The summed E-state index contributed by atoms with van der Waals surface area (Å²) in [7, 11) is 2.11. The molecule has 0 radical (unpaired) electrons. The number of rotatable bonds is 5. The van der Waals surface area contributed by atoms with Crippen molar-refractivity contribution in [1.29, 1.82) is 0 Å². The monoisotopic (exact) mass is 263 g/mol. The molecule has 1 aliphatic carbocycles. The number of nitrogens with one attached hydrogen (secondary N) is 1. The number of hydrogen-bond acceptors (Lipinski definition) is 2. The maximum absolute atomic E-state index is 4.68. The van der Waals surface area contributed by atoms with Crippen LogP contribution in [0.5, 0.6) is 0 Å². The van der Waals surface area contributed by atoms with Crippen molar-refractivity contribution in [2.75, 3.05) is 7.05 Å². The number of hydrogen-bond donors (Lipinski definition) is 1. The first kappa shape index (κ1) is 14.6. The van der Waals surface area contributed by atoms with Crippen molar-refractivity contribution in [3.05, 3.63) is 17.5 Å². The molecular formula is C16H29N3. The van der Waals surface area contributed by atoms with E-state index in [1.807, 2.05) is 0 Å². The van der Waals surface area contributed by atoms with Crippen LogP contribution in [0, 0.1) is 11.8 Å². The third kappa shape index (κ3) is 3.38. The van der Waals surface area contributed by atoms with Crippen molar-refractivity contribution in [1.82, 2.24) is 15.1 Å². The Morgan fingerprint density at radius 3 is 2.79 bits per heavy atom. The smallest absolute Gasteiger partial charge is 0.0624 e. The highest BCUT2D eigenvalue weighted by Gasteiger charge is 2.28. The standard InChI is InChI=1S/C16H29N3/c1-5-14-11-15(19(6-2)18-14)10-13-9-12(3)7-8-16(13)17-4/h11-13,16-17H,5-10H2,1-4H3. The minimum absolute atomic E-state index is 0.682. The Morgan fingerprint density at radius 2 is 2.16 bits per heavy atom. The molecule has 1 aromatic heterocycles.